The number of anilines is 1. The van der Waals surface area contributed by atoms with Crippen molar-refractivity contribution in [3.8, 4) is 0 Å². The smallest absolute Gasteiger partial charge is 0.247 e. The molecule has 0 saturated carbocycles. The fraction of sp³-hybridized carbons (Fsp3) is 0.516. The Kier molecular flexibility index (Phi) is 7.05. The van der Waals surface area contributed by atoms with Crippen LogP contribution in [-0.4, -0.2) is 72.6 Å². The van der Waals surface area contributed by atoms with Crippen molar-refractivity contribution in [2.24, 2.45) is 23.7 Å². The Morgan fingerprint density at radius 3 is 2.55 bits per heavy atom. The van der Waals surface area contributed by atoms with Crippen molar-refractivity contribution < 1.29 is 24.2 Å². The molecule has 3 saturated heterocycles. The second-order valence-electron chi connectivity index (χ2n) is 12.5. The minimum Gasteiger partial charge on any atom is -0.394 e. The summed E-state index contributed by atoms with van der Waals surface area (Å²) in [6.45, 7) is 7.64. The molecule has 3 aromatic rings. The van der Waals surface area contributed by atoms with Crippen LogP contribution in [0.25, 0.3) is 11.0 Å². The third-order valence-corrected chi connectivity index (χ3v) is 9.50. The number of carbonyl (C=O) groups excluding carboxylic acids is 3. The van der Waals surface area contributed by atoms with Gasteiger partial charge in [0.15, 0.2) is 0 Å². The molecule has 3 amide bonds. The third kappa shape index (κ3) is 4.29. The molecule has 2 bridgehead atoms. The number of amides is 3. The third-order valence-electron chi connectivity index (χ3n) is 9.50. The van der Waals surface area contributed by atoms with Gasteiger partial charge in [-0.25, -0.2) is 4.68 Å². The summed E-state index contributed by atoms with van der Waals surface area (Å²) >= 11 is 0. The molecule has 3 N–H and O–H groups in total. The van der Waals surface area contributed by atoms with E-state index in [0.717, 1.165) is 5.52 Å². The van der Waals surface area contributed by atoms with Gasteiger partial charge >= 0.3 is 0 Å². The van der Waals surface area contributed by atoms with E-state index in [0.29, 0.717) is 24.0 Å². The first-order valence-corrected chi connectivity index (χ1v) is 14.7. The van der Waals surface area contributed by atoms with Gasteiger partial charge in [0.25, 0.3) is 0 Å². The van der Waals surface area contributed by atoms with Crippen molar-refractivity contribution in [3.63, 3.8) is 0 Å². The Labute approximate surface area is 244 Å². The summed E-state index contributed by atoms with van der Waals surface area (Å²) < 4.78 is 8.39. The second kappa shape index (κ2) is 10.5. The highest BCUT2D eigenvalue weighted by molar-refractivity contribution is 6.02. The van der Waals surface area contributed by atoms with E-state index in [2.05, 4.69) is 20.9 Å². The van der Waals surface area contributed by atoms with Crippen LogP contribution >= 0.6 is 0 Å². The number of carbonyl (C=O) groups is 3. The number of aliphatic hydroxyl groups is 1. The van der Waals surface area contributed by atoms with Crippen molar-refractivity contribution in [1.82, 2.24) is 25.2 Å². The molecule has 222 valence electrons. The summed E-state index contributed by atoms with van der Waals surface area (Å²) in [4.78, 5) is 44.1. The molecule has 0 radical (unpaired) electrons. The highest BCUT2D eigenvalue weighted by atomic mass is 16.5. The maximum Gasteiger partial charge on any atom is 0.247 e. The first-order valence-electron chi connectivity index (χ1n) is 14.7. The summed E-state index contributed by atoms with van der Waals surface area (Å²) in [6.07, 6.45) is 0.936. The number of nitrogens with zero attached hydrogens (tertiary/aromatic N) is 4. The van der Waals surface area contributed by atoms with Gasteiger partial charge in [-0.1, -0.05) is 56.3 Å². The zero-order valence-corrected chi connectivity index (χ0v) is 24.4. The van der Waals surface area contributed by atoms with Crippen molar-refractivity contribution in [1.29, 1.82) is 0 Å². The predicted octanol–water partition coefficient (Wildman–Crippen LogP) is 2.56. The van der Waals surface area contributed by atoms with Crippen molar-refractivity contribution >= 4 is 34.4 Å². The van der Waals surface area contributed by atoms with E-state index in [1.165, 1.54) is 4.90 Å². The van der Waals surface area contributed by atoms with E-state index in [1.54, 1.807) is 16.8 Å². The molecule has 4 heterocycles. The molecule has 3 aliphatic rings. The summed E-state index contributed by atoms with van der Waals surface area (Å²) in [5, 5.41) is 24.8. The van der Waals surface area contributed by atoms with Crippen LogP contribution in [0.15, 0.2) is 54.6 Å². The average molecular weight is 575 g/mol. The number of fused-ring (bicyclic) bond motifs is 2. The number of rotatable bonds is 9. The van der Waals surface area contributed by atoms with E-state index in [9.17, 15) is 19.5 Å². The average Bonchev–Trinajstić information content (AvgIpc) is 3.64. The van der Waals surface area contributed by atoms with Crippen LogP contribution in [0.3, 0.4) is 0 Å². The standard InChI is InChI=1S/C31H38N6O5/c1-18(2)14-21(16-38)37-26(28(40)32-17-36-23-13-9-8-12-22(23)34-35-36)31-15-19(3)30(4,42-31)24(25(31)29(37)41)27(39)33-20-10-6-5-7-11-20/h5-13,18-19,21,24-26,38H,14-17H2,1-4H3,(H,32,40)(H,33,39)/t19?,21-,24+,25+,26?,30-,31?/m1/s1. The monoisotopic (exact) mass is 574 g/mol. The van der Waals surface area contributed by atoms with Crippen LogP contribution in [0.2, 0.25) is 0 Å². The zero-order valence-electron chi connectivity index (χ0n) is 24.4. The van der Waals surface area contributed by atoms with Gasteiger partial charge in [-0.3, -0.25) is 14.4 Å². The molecular formula is C31H38N6O5. The van der Waals surface area contributed by atoms with E-state index < -0.39 is 41.0 Å². The normalized spacial score (nSPS) is 30.6. The Bertz CT molecular complexity index is 1510. The highest BCUT2D eigenvalue weighted by Crippen LogP contribution is 2.65. The Morgan fingerprint density at radius 2 is 1.83 bits per heavy atom. The first kappa shape index (κ1) is 28.3. The summed E-state index contributed by atoms with van der Waals surface area (Å²) in [5.41, 5.74) is -0.0767. The fourth-order valence-electron chi connectivity index (χ4n) is 7.61. The number of hydrogen-bond acceptors (Lipinski definition) is 7. The van der Waals surface area contributed by atoms with Crippen LogP contribution in [-0.2, 0) is 25.8 Å². The molecular weight excluding hydrogens is 536 g/mol. The number of hydrogen-bond donors (Lipinski definition) is 3. The predicted molar refractivity (Wildman–Crippen MR) is 155 cm³/mol. The summed E-state index contributed by atoms with van der Waals surface area (Å²) in [6, 6.07) is 14.9. The van der Waals surface area contributed by atoms with E-state index in [-0.39, 0.29) is 36.9 Å². The SMILES string of the molecule is CC(C)C[C@H](CO)N1C(=O)[C@@H]2[C@@H](C(=O)Nc3ccccc3)[C@]3(C)OC2(CC3C)C1C(=O)NCn1nnc2ccccc21. The first-order chi connectivity index (χ1) is 20.1. The van der Waals surface area contributed by atoms with Gasteiger partial charge in [-0.05, 0) is 55.9 Å². The lowest BCUT2D eigenvalue weighted by molar-refractivity contribution is -0.150. The fourth-order valence-corrected chi connectivity index (χ4v) is 7.61. The minimum atomic E-state index is -1.22. The van der Waals surface area contributed by atoms with Crippen molar-refractivity contribution in [2.75, 3.05) is 11.9 Å². The number of ether oxygens (including phenoxy) is 1. The molecule has 2 aromatic carbocycles. The molecule has 1 aromatic heterocycles. The molecule has 1 spiro atoms. The second-order valence-corrected chi connectivity index (χ2v) is 12.5. The molecule has 7 atom stereocenters. The number of likely N-dealkylation sites (tertiary alicyclic amines) is 1. The highest BCUT2D eigenvalue weighted by Gasteiger charge is 2.80. The van der Waals surface area contributed by atoms with Gasteiger partial charge in [0, 0.05) is 5.69 Å². The van der Waals surface area contributed by atoms with E-state index in [4.69, 9.17) is 4.74 Å². The Balaban J connectivity index is 1.37. The molecule has 42 heavy (non-hydrogen) atoms. The molecule has 3 aliphatic heterocycles. The molecule has 11 heteroatoms. The number of aromatic nitrogens is 3. The number of benzene rings is 2. The summed E-state index contributed by atoms with van der Waals surface area (Å²) in [5.74, 6) is -2.67. The lowest BCUT2D eigenvalue weighted by Gasteiger charge is -2.37. The number of nitrogens with one attached hydrogen (secondary N) is 2. The van der Waals surface area contributed by atoms with Crippen LogP contribution in [0, 0.1) is 23.7 Å². The van der Waals surface area contributed by atoms with Crippen LogP contribution in [0.4, 0.5) is 5.69 Å². The van der Waals surface area contributed by atoms with Gasteiger partial charge in [0.2, 0.25) is 17.7 Å². The molecule has 0 aliphatic carbocycles. The van der Waals surface area contributed by atoms with Crippen LogP contribution < -0.4 is 10.6 Å². The molecule has 3 unspecified atom stereocenters. The van der Waals surface area contributed by atoms with Gasteiger partial charge in [-0.15, -0.1) is 5.10 Å². The Hall–Kier alpha value is -3.83. The molecule has 11 nitrogen and oxygen atoms in total. The van der Waals surface area contributed by atoms with E-state index >= 15 is 0 Å². The topological polar surface area (TPSA) is 139 Å². The molecule has 3 fully saturated rings. The maximum absolute atomic E-state index is 14.4. The maximum atomic E-state index is 14.4. The van der Waals surface area contributed by atoms with Crippen molar-refractivity contribution in [3.05, 3.63) is 54.6 Å². The van der Waals surface area contributed by atoms with Crippen LogP contribution in [0.5, 0.6) is 0 Å². The van der Waals surface area contributed by atoms with Gasteiger partial charge in [-0.2, -0.15) is 0 Å². The number of aliphatic hydroxyl groups excluding tert-OH is 1. The molecule has 6 rings (SSSR count). The largest absolute Gasteiger partial charge is 0.394 e. The minimum absolute atomic E-state index is 0.0390. The zero-order chi connectivity index (χ0) is 29.8. The van der Waals surface area contributed by atoms with Crippen molar-refractivity contribution in [2.45, 2.75) is 70.5 Å². The van der Waals surface area contributed by atoms with Gasteiger partial charge in [0.1, 0.15) is 23.8 Å². The van der Waals surface area contributed by atoms with Gasteiger partial charge in [0.05, 0.1) is 35.6 Å². The van der Waals surface area contributed by atoms with Gasteiger partial charge < -0.3 is 25.4 Å². The lowest BCUT2D eigenvalue weighted by Crippen LogP contribution is -2.58. The lowest BCUT2D eigenvalue weighted by atomic mass is 9.62. The van der Waals surface area contributed by atoms with E-state index in [1.807, 2.05) is 70.2 Å². The number of para-hydroxylation sites is 2. The van der Waals surface area contributed by atoms with Crippen LogP contribution in [0.1, 0.15) is 40.5 Å². The Morgan fingerprint density at radius 1 is 1.12 bits per heavy atom. The summed E-state index contributed by atoms with van der Waals surface area (Å²) in [7, 11) is 0. The quantitative estimate of drug-likeness (QED) is 0.357.